The molecule has 0 bridgehead atoms. The molecule has 2 rings (SSSR count). The van der Waals surface area contributed by atoms with E-state index in [-0.39, 0.29) is 17.6 Å². The molecule has 0 saturated carbocycles. The number of aryl methyl sites for hydroxylation is 1. The van der Waals surface area contributed by atoms with Gasteiger partial charge in [-0.25, -0.2) is 12.7 Å². The molecule has 1 saturated heterocycles. The van der Waals surface area contributed by atoms with Crippen LogP contribution < -0.4 is 10.1 Å². The van der Waals surface area contributed by atoms with E-state index < -0.39 is 10.0 Å². The van der Waals surface area contributed by atoms with Gasteiger partial charge in [-0.3, -0.25) is 4.79 Å². The summed E-state index contributed by atoms with van der Waals surface area (Å²) in [5.41, 5.74) is 1.17. The van der Waals surface area contributed by atoms with Crippen molar-refractivity contribution in [2.24, 2.45) is 5.92 Å². The molecule has 1 fully saturated rings. The van der Waals surface area contributed by atoms with Gasteiger partial charge in [-0.2, -0.15) is 0 Å². The van der Waals surface area contributed by atoms with Crippen molar-refractivity contribution >= 4 is 15.9 Å². The summed E-state index contributed by atoms with van der Waals surface area (Å²) in [5.74, 6) is 0.761. The second-order valence-corrected chi connectivity index (χ2v) is 8.28. The van der Waals surface area contributed by atoms with Gasteiger partial charge < -0.3 is 10.1 Å². The largest absolute Gasteiger partial charge is 0.492 e. The van der Waals surface area contributed by atoms with Crippen LogP contribution in [0.25, 0.3) is 0 Å². The minimum atomic E-state index is -3.14. The van der Waals surface area contributed by atoms with Crippen molar-refractivity contribution in [3.05, 3.63) is 29.8 Å². The zero-order chi connectivity index (χ0) is 17.6. The summed E-state index contributed by atoms with van der Waals surface area (Å²) < 4.78 is 30.7. The second kappa shape index (κ2) is 8.48. The minimum Gasteiger partial charge on any atom is -0.492 e. The molecule has 1 heterocycles. The van der Waals surface area contributed by atoms with Crippen LogP contribution in [-0.4, -0.2) is 50.6 Å². The van der Waals surface area contributed by atoms with Crippen molar-refractivity contribution in [1.29, 1.82) is 0 Å². The van der Waals surface area contributed by atoms with Gasteiger partial charge in [0.1, 0.15) is 12.4 Å². The molecule has 1 amide bonds. The molecular weight excluding hydrogens is 328 g/mol. The van der Waals surface area contributed by atoms with Crippen LogP contribution in [0.4, 0.5) is 0 Å². The van der Waals surface area contributed by atoms with Crippen LogP contribution >= 0.6 is 0 Å². The average Bonchev–Trinajstić information content (AvgIpc) is 2.60. The fraction of sp³-hybridized carbons (Fsp3) is 0.588. The Labute approximate surface area is 144 Å². The third-order valence-corrected chi connectivity index (χ3v) is 6.16. The minimum absolute atomic E-state index is 0.0175. The lowest BCUT2D eigenvalue weighted by Gasteiger charge is -2.30. The van der Waals surface area contributed by atoms with Crippen LogP contribution in [0.2, 0.25) is 0 Å². The van der Waals surface area contributed by atoms with E-state index in [1.54, 1.807) is 6.92 Å². The number of ether oxygens (including phenoxy) is 1. The predicted molar refractivity (Wildman–Crippen MR) is 93.4 cm³/mol. The first-order valence-electron chi connectivity index (χ1n) is 8.37. The van der Waals surface area contributed by atoms with E-state index in [9.17, 15) is 13.2 Å². The summed E-state index contributed by atoms with van der Waals surface area (Å²) >= 11 is 0. The van der Waals surface area contributed by atoms with Gasteiger partial charge in [0.15, 0.2) is 0 Å². The topological polar surface area (TPSA) is 75.7 Å². The van der Waals surface area contributed by atoms with Crippen LogP contribution in [0, 0.1) is 12.8 Å². The normalized spacial score (nSPS) is 16.8. The van der Waals surface area contributed by atoms with Crippen molar-refractivity contribution in [3.63, 3.8) is 0 Å². The summed E-state index contributed by atoms with van der Waals surface area (Å²) in [5, 5.41) is 2.87. The van der Waals surface area contributed by atoms with Crippen LogP contribution in [-0.2, 0) is 14.8 Å². The van der Waals surface area contributed by atoms with Crippen LogP contribution in [0.1, 0.15) is 25.3 Å². The number of nitrogens with zero attached hydrogens (tertiary/aromatic N) is 1. The highest BCUT2D eigenvalue weighted by Gasteiger charge is 2.29. The average molecular weight is 354 g/mol. The van der Waals surface area contributed by atoms with E-state index in [2.05, 4.69) is 5.32 Å². The molecule has 24 heavy (non-hydrogen) atoms. The number of rotatable bonds is 7. The molecule has 0 aliphatic carbocycles. The quantitative estimate of drug-likeness (QED) is 0.754. The molecular formula is C17H26N2O4S. The van der Waals surface area contributed by atoms with Crippen molar-refractivity contribution in [3.8, 4) is 5.75 Å². The number of nitrogens with one attached hydrogen (secondary N) is 1. The summed E-state index contributed by atoms with van der Waals surface area (Å²) in [6.45, 7) is 5.36. The molecule has 7 heteroatoms. The molecule has 0 unspecified atom stereocenters. The van der Waals surface area contributed by atoms with Crippen LogP contribution in [0.5, 0.6) is 5.75 Å². The zero-order valence-corrected chi connectivity index (χ0v) is 15.1. The Balaban J connectivity index is 1.67. The van der Waals surface area contributed by atoms with E-state index >= 15 is 0 Å². The highest BCUT2D eigenvalue weighted by Crippen LogP contribution is 2.20. The number of hydrogen-bond donors (Lipinski definition) is 1. The number of hydrogen-bond acceptors (Lipinski definition) is 4. The maximum Gasteiger partial charge on any atom is 0.223 e. The molecule has 1 aliphatic heterocycles. The second-order valence-electron chi connectivity index (χ2n) is 6.03. The molecule has 134 valence electrons. The predicted octanol–water partition coefficient (Wildman–Crippen LogP) is 1.55. The number of carbonyl (C=O) groups is 1. The molecule has 1 aromatic carbocycles. The van der Waals surface area contributed by atoms with Gasteiger partial charge >= 0.3 is 0 Å². The Bertz CT molecular complexity index is 635. The molecule has 0 spiro atoms. The standard InChI is InChI=1S/C17H26N2O4S/c1-3-24(21,22)19-11-8-15(9-12-19)17(20)18-10-13-23-16-6-4-14(2)5-7-16/h4-7,15H,3,8-13H2,1-2H3,(H,18,20). The lowest BCUT2D eigenvalue weighted by Crippen LogP contribution is -2.44. The van der Waals surface area contributed by atoms with Crippen molar-refractivity contribution in [2.45, 2.75) is 26.7 Å². The van der Waals surface area contributed by atoms with Crippen molar-refractivity contribution < 1.29 is 17.9 Å². The zero-order valence-electron chi connectivity index (χ0n) is 14.3. The van der Waals surface area contributed by atoms with Crippen LogP contribution in [0.15, 0.2) is 24.3 Å². The van der Waals surface area contributed by atoms with Gasteiger partial charge in [-0.05, 0) is 38.8 Å². The molecule has 6 nitrogen and oxygen atoms in total. The summed E-state index contributed by atoms with van der Waals surface area (Å²) in [7, 11) is -3.14. The lowest BCUT2D eigenvalue weighted by molar-refractivity contribution is -0.126. The first kappa shape index (κ1) is 18.7. The summed E-state index contributed by atoms with van der Waals surface area (Å²) in [4.78, 5) is 12.1. The SMILES string of the molecule is CCS(=O)(=O)N1CCC(C(=O)NCCOc2ccc(C)cc2)CC1. The van der Waals surface area contributed by atoms with Gasteiger partial charge in [0, 0.05) is 19.0 Å². The molecule has 0 radical (unpaired) electrons. The fourth-order valence-electron chi connectivity index (χ4n) is 2.70. The van der Waals surface area contributed by atoms with Crippen molar-refractivity contribution in [1.82, 2.24) is 9.62 Å². The highest BCUT2D eigenvalue weighted by molar-refractivity contribution is 7.89. The summed E-state index contributed by atoms with van der Waals surface area (Å²) in [6.07, 6.45) is 1.15. The van der Waals surface area contributed by atoms with E-state index in [4.69, 9.17) is 4.74 Å². The maximum atomic E-state index is 12.1. The fourth-order valence-corrected chi connectivity index (χ4v) is 3.83. The van der Waals surface area contributed by atoms with E-state index in [0.717, 1.165) is 5.75 Å². The van der Waals surface area contributed by atoms with Gasteiger partial charge in [-0.15, -0.1) is 0 Å². The molecule has 0 atom stereocenters. The Morgan fingerprint density at radius 1 is 1.25 bits per heavy atom. The number of carbonyl (C=O) groups excluding carboxylic acids is 1. The number of amides is 1. The van der Waals surface area contributed by atoms with Crippen molar-refractivity contribution in [2.75, 3.05) is 32.0 Å². The van der Waals surface area contributed by atoms with Gasteiger partial charge in [0.25, 0.3) is 0 Å². The maximum absolute atomic E-state index is 12.1. The van der Waals surface area contributed by atoms with Gasteiger partial charge in [0.05, 0.1) is 12.3 Å². The Hall–Kier alpha value is -1.60. The van der Waals surface area contributed by atoms with E-state index in [0.29, 0.717) is 39.1 Å². The van der Waals surface area contributed by atoms with Gasteiger partial charge in [0.2, 0.25) is 15.9 Å². The number of sulfonamides is 1. The van der Waals surface area contributed by atoms with E-state index in [1.807, 2.05) is 31.2 Å². The molecule has 0 aromatic heterocycles. The Kier molecular flexibility index (Phi) is 6.62. The first-order valence-corrected chi connectivity index (χ1v) is 9.98. The monoisotopic (exact) mass is 354 g/mol. The third-order valence-electron chi connectivity index (χ3n) is 4.27. The smallest absolute Gasteiger partial charge is 0.223 e. The van der Waals surface area contributed by atoms with Crippen LogP contribution in [0.3, 0.4) is 0 Å². The Morgan fingerprint density at radius 2 is 1.88 bits per heavy atom. The molecule has 1 aliphatic rings. The first-order chi connectivity index (χ1) is 11.4. The van der Waals surface area contributed by atoms with E-state index in [1.165, 1.54) is 9.87 Å². The van der Waals surface area contributed by atoms with Gasteiger partial charge in [-0.1, -0.05) is 17.7 Å². The Morgan fingerprint density at radius 3 is 2.46 bits per heavy atom. The summed E-state index contributed by atoms with van der Waals surface area (Å²) in [6, 6.07) is 7.76. The lowest BCUT2D eigenvalue weighted by atomic mass is 9.97. The number of benzene rings is 1. The molecule has 1 N–H and O–H groups in total. The highest BCUT2D eigenvalue weighted by atomic mass is 32.2. The molecule has 1 aromatic rings. The number of piperidine rings is 1. The third kappa shape index (κ3) is 5.21.